The van der Waals surface area contributed by atoms with Crippen LogP contribution in [0.1, 0.15) is 0 Å². The van der Waals surface area contributed by atoms with Crippen LogP contribution in [0.2, 0.25) is 0 Å². The van der Waals surface area contributed by atoms with Gasteiger partial charge in [0.05, 0.1) is 38.2 Å². The van der Waals surface area contributed by atoms with Gasteiger partial charge >= 0.3 is 0 Å². The molecule has 1 aromatic heterocycles. The minimum atomic E-state index is -0.123. The molecule has 2 aliphatic rings. The monoisotopic (exact) mass is 267 g/mol. The number of aromatic nitrogens is 2. The van der Waals surface area contributed by atoms with Gasteiger partial charge in [-0.05, 0) is 0 Å². The molecule has 0 unspecified atom stereocenters. The van der Waals surface area contributed by atoms with E-state index in [0.717, 1.165) is 50.8 Å². The summed E-state index contributed by atoms with van der Waals surface area (Å²) in [6, 6.07) is 0. The van der Waals surface area contributed by atoms with Gasteiger partial charge in [-0.2, -0.15) is 5.10 Å². The Morgan fingerprint density at radius 1 is 1.16 bits per heavy atom. The maximum Gasteiger partial charge on any atom is 0.289 e. The summed E-state index contributed by atoms with van der Waals surface area (Å²) in [6.07, 6.45) is 1.75. The first-order chi connectivity index (χ1) is 9.36. The second kappa shape index (κ2) is 5.58. The summed E-state index contributed by atoms with van der Waals surface area (Å²) >= 11 is 0. The van der Waals surface area contributed by atoms with Crippen molar-refractivity contribution in [1.82, 2.24) is 10.2 Å². The van der Waals surface area contributed by atoms with Crippen molar-refractivity contribution in [2.24, 2.45) is 0 Å². The largest absolute Gasteiger partial charge is 0.431 e. The molecular formula is C12H19N4O3+. The van der Waals surface area contributed by atoms with Crippen molar-refractivity contribution in [3.63, 3.8) is 0 Å². The van der Waals surface area contributed by atoms with E-state index in [1.54, 1.807) is 6.20 Å². The molecule has 104 valence electrons. The highest BCUT2D eigenvalue weighted by atomic mass is 16.5. The Bertz CT molecular complexity index is 478. The zero-order valence-electron chi connectivity index (χ0n) is 10.8. The molecule has 0 aromatic carbocycles. The molecule has 2 N–H and O–H groups in total. The molecule has 0 amide bonds. The molecule has 3 heterocycles. The van der Waals surface area contributed by atoms with Crippen LogP contribution in [0, 0.1) is 0 Å². The van der Waals surface area contributed by atoms with Crippen LogP contribution in [0.3, 0.4) is 0 Å². The number of rotatable bonds is 2. The standard InChI is InChI=1S/C12H18N4O3/c17-12-11(16-3-7-19-8-4-16)10(9-13-14-12)15-1-5-18-6-2-15/h9H,1-8H2,(H,14,17)/p+1. The van der Waals surface area contributed by atoms with E-state index in [4.69, 9.17) is 4.74 Å². The van der Waals surface area contributed by atoms with Crippen molar-refractivity contribution in [2.45, 2.75) is 0 Å². The van der Waals surface area contributed by atoms with E-state index >= 15 is 0 Å². The van der Waals surface area contributed by atoms with Gasteiger partial charge in [0.1, 0.15) is 5.69 Å². The normalized spacial score (nSPS) is 20.6. The maximum atomic E-state index is 12.1. The van der Waals surface area contributed by atoms with Crippen LogP contribution in [-0.4, -0.2) is 67.5 Å². The van der Waals surface area contributed by atoms with E-state index in [-0.39, 0.29) is 5.56 Å². The lowest BCUT2D eigenvalue weighted by Gasteiger charge is -2.33. The molecule has 0 aliphatic carbocycles. The molecule has 7 heteroatoms. The van der Waals surface area contributed by atoms with Crippen molar-refractivity contribution >= 4 is 11.4 Å². The molecule has 19 heavy (non-hydrogen) atoms. The number of nitrogens with one attached hydrogen (secondary N) is 1. The lowest BCUT2D eigenvalue weighted by atomic mass is 10.2. The van der Waals surface area contributed by atoms with Crippen molar-refractivity contribution in [3.05, 3.63) is 16.6 Å². The van der Waals surface area contributed by atoms with Crippen molar-refractivity contribution in [1.29, 1.82) is 0 Å². The SMILES string of the molecule is O=c1[nH]ncc(N2CC[OH+]CC2)c1N1CCOCC1. The number of anilines is 2. The Balaban J connectivity index is 1.94. The number of ether oxygens (including phenoxy) is 2. The second-order valence-corrected chi connectivity index (χ2v) is 4.69. The summed E-state index contributed by atoms with van der Waals surface area (Å²) in [4.78, 5) is 16.4. The third-order valence-electron chi connectivity index (χ3n) is 3.53. The first-order valence-corrected chi connectivity index (χ1v) is 6.65. The molecule has 7 nitrogen and oxygen atoms in total. The summed E-state index contributed by atoms with van der Waals surface area (Å²) < 4.78 is 9.68. The second-order valence-electron chi connectivity index (χ2n) is 4.69. The van der Waals surface area contributed by atoms with Crippen LogP contribution in [0.4, 0.5) is 11.4 Å². The highest BCUT2D eigenvalue weighted by Crippen LogP contribution is 2.25. The van der Waals surface area contributed by atoms with Gasteiger partial charge in [0.2, 0.25) is 0 Å². The molecule has 2 fully saturated rings. The van der Waals surface area contributed by atoms with Crippen LogP contribution < -0.4 is 15.4 Å². The van der Waals surface area contributed by atoms with Gasteiger partial charge in [0.25, 0.3) is 5.56 Å². The average Bonchev–Trinajstić information content (AvgIpc) is 2.49. The van der Waals surface area contributed by atoms with E-state index in [0.29, 0.717) is 13.2 Å². The summed E-state index contributed by atoms with van der Waals surface area (Å²) in [7, 11) is 0. The molecule has 0 atom stereocenters. The third kappa shape index (κ3) is 2.57. The van der Waals surface area contributed by atoms with Crippen LogP contribution in [0.15, 0.2) is 11.0 Å². The van der Waals surface area contributed by atoms with Gasteiger partial charge in [0.15, 0.2) is 13.2 Å². The number of hydrogen-bond acceptors (Lipinski definition) is 5. The van der Waals surface area contributed by atoms with E-state index in [9.17, 15) is 4.79 Å². The molecule has 0 bridgehead atoms. The van der Waals surface area contributed by atoms with Gasteiger partial charge in [-0.1, -0.05) is 0 Å². The topological polar surface area (TPSA) is 74.3 Å². The fourth-order valence-electron chi connectivity index (χ4n) is 2.55. The number of H-pyrrole nitrogens is 1. The summed E-state index contributed by atoms with van der Waals surface area (Å²) in [5.74, 6) is 0. The zero-order valence-corrected chi connectivity index (χ0v) is 10.8. The first-order valence-electron chi connectivity index (χ1n) is 6.65. The van der Waals surface area contributed by atoms with E-state index in [1.807, 2.05) is 0 Å². The number of hydrogen-bond donors (Lipinski definition) is 1. The summed E-state index contributed by atoms with van der Waals surface area (Å²) in [5.41, 5.74) is 1.52. The van der Waals surface area contributed by atoms with Crippen molar-refractivity contribution in [2.75, 3.05) is 62.4 Å². The molecule has 2 saturated heterocycles. The fourth-order valence-corrected chi connectivity index (χ4v) is 2.55. The highest BCUT2D eigenvalue weighted by molar-refractivity contribution is 5.69. The number of aliphatic hydroxyl groups is 2. The van der Waals surface area contributed by atoms with Gasteiger partial charge in [-0.25, -0.2) is 5.10 Å². The Morgan fingerprint density at radius 3 is 2.63 bits per heavy atom. The lowest BCUT2D eigenvalue weighted by molar-refractivity contribution is -0.0437. The molecular weight excluding hydrogens is 248 g/mol. The predicted octanol–water partition coefficient (Wildman–Crippen LogP) is -1.05. The lowest BCUT2D eigenvalue weighted by Crippen LogP contribution is -2.43. The third-order valence-corrected chi connectivity index (χ3v) is 3.53. The summed E-state index contributed by atoms with van der Waals surface area (Å²) in [5, 5.41) is 6.49. The summed E-state index contributed by atoms with van der Waals surface area (Å²) in [6.45, 7) is 6.15. The quantitative estimate of drug-likeness (QED) is 0.692. The predicted molar refractivity (Wildman–Crippen MR) is 72.1 cm³/mol. The zero-order chi connectivity index (χ0) is 13.1. The number of nitrogens with zero attached hydrogens (tertiary/aromatic N) is 3. The van der Waals surface area contributed by atoms with E-state index in [1.165, 1.54) is 0 Å². The van der Waals surface area contributed by atoms with Crippen LogP contribution >= 0.6 is 0 Å². The number of aromatic amines is 1. The van der Waals surface area contributed by atoms with Gasteiger partial charge < -0.3 is 19.3 Å². The molecule has 0 spiro atoms. The maximum absolute atomic E-state index is 12.1. The van der Waals surface area contributed by atoms with Crippen molar-refractivity contribution in [3.8, 4) is 0 Å². The van der Waals surface area contributed by atoms with Gasteiger partial charge in [0, 0.05) is 13.1 Å². The minimum absolute atomic E-state index is 0.123. The van der Waals surface area contributed by atoms with Crippen molar-refractivity contribution < 1.29 is 9.47 Å². The molecule has 0 radical (unpaired) electrons. The van der Waals surface area contributed by atoms with Gasteiger partial charge in [-0.15, -0.1) is 0 Å². The minimum Gasteiger partial charge on any atom is -0.431 e. The smallest absolute Gasteiger partial charge is 0.289 e. The van der Waals surface area contributed by atoms with Crippen LogP contribution in [0.25, 0.3) is 0 Å². The molecule has 3 rings (SSSR count). The Morgan fingerprint density at radius 2 is 1.89 bits per heavy atom. The van der Waals surface area contributed by atoms with Crippen LogP contribution in [-0.2, 0) is 4.74 Å². The fraction of sp³-hybridized carbons (Fsp3) is 0.667. The average molecular weight is 267 g/mol. The Kier molecular flexibility index (Phi) is 3.65. The van der Waals surface area contributed by atoms with E-state index < -0.39 is 0 Å². The Labute approximate surface area is 111 Å². The molecule has 1 aromatic rings. The van der Waals surface area contributed by atoms with Gasteiger partial charge in [-0.3, -0.25) is 4.79 Å². The Hall–Kier alpha value is -1.60. The number of morpholine rings is 2. The molecule has 2 aliphatic heterocycles. The molecule has 0 saturated carbocycles. The highest BCUT2D eigenvalue weighted by Gasteiger charge is 2.24. The first kappa shape index (κ1) is 12.4. The van der Waals surface area contributed by atoms with E-state index in [2.05, 4.69) is 24.7 Å². The van der Waals surface area contributed by atoms with Crippen LogP contribution in [0.5, 0.6) is 0 Å².